The van der Waals surface area contributed by atoms with Gasteiger partial charge in [-0.15, -0.1) is 0 Å². The van der Waals surface area contributed by atoms with E-state index >= 15 is 0 Å². The lowest BCUT2D eigenvalue weighted by molar-refractivity contribution is -0.191. The highest BCUT2D eigenvalue weighted by Gasteiger charge is 2.47. The van der Waals surface area contributed by atoms with Crippen LogP contribution in [0.25, 0.3) is 21.5 Å². The third-order valence-electron chi connectivity index (χ3n) is 15.9. The van der Waals surface area contributed by atoms with E-state index in [4.69, 9.17) is 14.2 Å². The number of methoxy groups -OCH3 is 2. The number of aliphatic hydroxyl groups is 1. The first-order valence-electron chi connectivity index (χ1n) is 26.1. The quantitative estimate of drug-likeness (QED) is 0.132. The molecule has 2 saturated carbocycles. The maximum Gasteiger partial charge on any atom is 0.408 e. The summed E-state index contributed by atoms with van der Waals surface area (Å²) in [6, 6.07) is 16.3. The zero-order chi connectivity index (χ0) is 53.5. The fourth-order valence-corrected chi connectivity index (χ4v) is 11.4. The van der Waals surface area contributed by atoms with Crippen LogP contribution in [-0.2, 0) is 19.1 Å². The van der Waals surface area contributed by atoms with Gasteiger partial charge >= 0.3 is 24.3 Å². The van der Waals surface area contributed by atoms with Crippen molar-refractivity contribution in [2.45, 2.75) is 170 Å². The summed E-state index contributed by atoms with van der Waals surface area (Å²) < 4.78 is 99.7. The molecule has 2 saturated heterocycles. The molecule has 4 aliphatic rings. The van der Waals surface area contributed by atoms with Gasteiger partial charge in [0, 0.05) is 0 Å². The number of aliphatic hydroxyl groups excluding tert-OH is 1. The lowest BCUT2D eigenvalue weighted by Crippen LogP contribution is -2.44. The van der Waals surface area contributed by atoms with E-state index in [0.29, 0.717) is 53.2 Å². The third-order valence-corrected chi connectivity index (χ3v) is 15.9. The number of esters is 2. The molecule has 8 rings (SSSR count). The van der Waals surface area contributed by atoms with Gasteiger partial charge in [0.25, 0.3) is 0 Å². The van der Waals surface area contributed by atoms with E-state index in [2.05, 4.69) is 41.5 Å². The molecule has 0 aromatic heterocycles. The monoisotopic (exact) mass is 1060 g/mol. The number of halogens is 6. The average molecular weight is 1060 g/mol. The Morgan fingerprint density at radius 3 is 1.27 bits per heavy atom. The normalized spacial score (nSPS) is 22.4. The molecule has 15 heteroatoms. The number of benzene rings is 4. The highest BCUT2D eigenvalue weighted by molar-refractivity contribution is 5.85. The zero-order valence-corrected chi connectivity index (χ0v) is 44.0. The Bertz CT molecular complexity index is 2420. The number of alkyl halides is 6. The number of likely N-dealkylation sites (tertiary alicyclic amines) is 2. The van der Waals surface area contributed by atoms with E-state index in [1.165, 1.54) is 61.1 Å². The van der Waals surface area contributed by atoms with Crippen molar-refractivity contribution >= 4 is 33.5 Å². The van der Waals surface area contributed by atoms with Gasteiger partial charge in [-0.2, -0.15) is 26.3 Å². The van der Waals surface area contributed by atoms with Gasteiger partial charge in [-0.3, -0.25) is 19.4 Å². The molecule has 9 nitrogen and oxygen atoms in total. The van der Waals surface area contributed by atoms with Crippen molar-refractivity contribution in [2.75, 3.05) is 40.4 Å². The number of piperidine rings is 2. The summed E-state index contributed by atoms with van der Waals surface area (Å²) in [4.78, 5) is 26.2. The van der Waals surface area contributed by atoms with E-state index in [1.54, 1.807) is 30.3 Å². The Kier molecular flexibility index (Phi) is 22.4. The van der Waals surface area contributed by atoms with E-state index in [9.17, 15) is 46.1 Å². The summed E-state index contributed by atoms with van der Waals surface area (Å²) >= 11 is 0. The summed E-state index contributed by atoms with van der Waals surface area (Å²) in [7, 11) is 2.61. The van der Waals surface area contributed by atoms with Crippen LogP contribution in [0.5, 0.6) is 11.5 Å². The van der Waals surface area contributed by atoms with Gasteiger partial charge in [0.15, 0.2) is 0 Å². The first-order valence-corrected chi connectivity index (χ1v) is 26.1. The van der Waals surface area contributed by atoms with Gasteiger partial charge in [0.05, 0.1) is 38.3 Å². The van der Waals surface area contributed by atoms with E-state index in [0.717, 1.165) is 61.0 Å². The topological polar surface area (TPSA) is 109 Å². The summed E-state index contributed by atoms with van der Waals surface area (Å²) in [5, 5.41) is 21.7. The molecule has 0 bridgehead atoms. The van der Waals surface area contributed by atoms with Crippen molar-refractivity contribution < 1.29 is 60.4 Å². The fraction of sp³-hybridized carbons (Fsp3) is 0.633. The molecule has 2 aliphatic carbocycles. The van der Waals surface area contributed by atoms with Crippen LogP contribution in [0, 0.1) is 34.5 Å². The molecule has 2 heterocycles. The van der Waals surface area contributed by atoms with Gasteiger partial charge in [-0.1, -0.05) is 92.8 Å². The molecule has 2 atom stereocenters. The van der Waals surface area contributed by atoms with Crippen LogP contribution < -0.4 is 4.74 Å². The van der Waals surface area contributed by atoms with Crippen molar-refractivity contribution in [2.24, 2.45) is 34.5 Å². The highest BCUT2D eigenvalue weighted by Crippen LogP contribution is 2.44. The molecule has 4 fully saturated rings. The maximum atomic E-state index is 14.2. The smallest absolute Gasteiger partial charge is 0.408 e. The second-order valence-corrected chi connectivity index (χ2v) is 22.9. The molecular weight excluding hydrogens is 975 g/mol. The van der Waals surface area contributed by atoms with E-state index in [1.807, 2.05) is 18.2 Å². The number of phenolic OH excluding ortho intramolecular Hbond substituents is 1. The number of hydrogen-bond donors (Lipinski definition) is 2. The van der Waals surface area contributed by atoms with E-state index < -0.39 is 24.4 Å². The molecule has 2 unspecified atom stereocenters. The molecule has 2 aliphatic heterocycles. The number of fused-ring (bicyclic) bond motifs is 2. The molecule has 0 radical (unpaired) electrons. The van der Waals surface area contributed by atoms with Crippen LogP contribution in [0.3, 0.4) is 0 Å². The summed E-state index contributed by atoms with van der Waals surface area (Å²) in [5.74, 6) is 0.992. The van der Waals surface area contributed by atoms with Crippen LogP contribution in [0.2, 0.25) is 0 Å². The zero-order valence-electron chi connectivity index (χ0n) is 44.0. The van der Waals surface area contributed by atoms with Gasteiger partial charge in [-0.25, -0.2) is 0 Å². The van der Waals surface area contributed by atoms with Crippen LogP contribution in [0.1, 0.15) is 157 Å². The minimum Gasteiger partial charge on any atom is -0.508 e. The van der Waals surface area contributed by atoms with Crippen LogP contribution in [0.15, 0.2) is 72.8 Å². The maximum absolute atomic E-state index is 14.2. The first kappa shape index (κ1) is 62.9. The van der Waals surface area contributed by atoms with Crippen molar-refractivity contribution in [1.82, 2.24) is 9.80 Å². The Morgan fingerprint density at radius 1 is 0.520 bits per heavy atom. The van der Waals surface area contributed by atoms with Crippen molar-refractivity contribution in [1.29, 1.82) is 0 Å². The third kappa shape index (κ3) is 17.2. The van der Waals surface area contributed by atoms with Crippen molar-refractivity contribution in [3.05, 3.63) is 83.9 Å². The summed E-state index contributed by atoms with van der Waals surface area (Å²) in [6.45, 7) is 14.5. The Morgan fingerprint density at radius 2 is 0.880 bits per heavy atom. The Hall–Kier alpha value is -4.60. The number of nitrogens with zero attached hydrogens (tertiary/aromatic N) is 2. The number of carbonyl (C=O) groups excluding carboxylic acids is 2. The highest BCUT2D eigenvalue weighted by atomic mass is 19.4. The van der Waals surface area contributed by atoms with E-state index in [-0.39, 0.29) is 93.9 Å². The lowest BCUT2D eigenvalue weighted by Gasteiger charge is -2.38. The van der Waals surface area contributed by atoms with Crippen molar-refractivity contribution in [3.8, 4) is 11.5 Å². The largest absolute Gasteiger partial charge is 0.508 e. The number of phenols is 1. The van der Waals surface area contributed by atoms with Gasteiger partial charge in [0.2, 0.25) is 0 Å². The second-order valence-electron chi connectivity index (χ2n) is 22.9. The lowest BCUT2D eigenvalue weighted by atomic mass is 9.72. The standard InChI is InChI=1S/C29H38F3NO3.C19H20F3NO3.C10H20O.2CH4/c1-28(2,3)23-8-11-24(12-9-23)36-25-10-7-20-17-22(6-5-21(20)18-25)26(29(30,31)32)33-15-13-19(14-16-33)27(34)35-4;1-26-18(25)12-6-8-23(9-7-12)17(19(20,21)22)15-3-2-14-11-16(24)5-4-13(14)10-15;1-10(2,3)8-4-6-9(11)7-5-8;;/h5-7,10,17-19,23-24,26H,8-9,11-16H2,1-4H3;2-5,10-12,17,24H,6-9H2,1H3;8-9,11H,4-7H2,1-3H3;2*1H4. The predicted octanol–water partition coefficient (Wildman–Crippen LogP) is 15.2. The molecule has 420 valence electrons. The molecule has 4 aromatic rings. The molecular formula is C60H86F6N2O7. The molecule has 2 N–H and O–H groups in total. The van der Waals surface area contributed by atoms with Crippen molar-refractivity contribution in [3.63, 3.8) is 0 Å². The first-order chi connectivity index (χ1) is 34.2. The van der Waals surface area contributed by atoms with Gasteiger partial charge in [0.1, 0.15) is 23.6 Å². The number of hydrogen-bond acceptors (Lipinski definition) is 9. The molecule has 0 spiro atoms. The van der Waals surface area contributed by atoms with Crippen LogP contribution >= 0.6 is 0 Å². The SMILES string of the molecule is C.C.CC(C)(C)C1CCC(O)CC1.COC(=O)C1CCN(C(c2ccc3cc(O)ccc3c2)C(F)(F)F)CC1.COC(=O)C1CCN(C(c2ccc3cc(OC4CCC(C(C)(C)C)CC4)ccc3c2)C(F)(F)F)CC1. The number of rotatable bonds is 8. The molecule has 75 heavy (non-hydrogen) atoms. The van der Waals surface area contributed by atoms with Crippen LogP contribution in [0.4, 0.5) is 26.3 Å². The second kappa shape index (κ2) is 26.6. The predicted molar refractivity (Wildman–Crippen MR) is 286 cm³/mol. The summed E-state index contributed by atoms with van der Waals surface area (Å²) in [6.07, 6.45) is 1.58. The number of ether oxygens (including phenoxy) is 3. The minimum atomic E-state index is -4.43. The van der Waals surface area contributed by atoms with Crippen LogP contribution in [-0.4, -0.2) is 96.9 Å². The summed E-state index contributed by atoms with van der Waals surface area (Å²) in [5.41, 5.74) is 1.14. The molecule has 0 amide bonds. The van der Waals surface area contributed by atoms with Gasteiger partial charge < -0.3 is 24.4 Å². The Labute approximate surface area is 442 Å². The fourth-order valence-electron chi connectivity index (χ4n) is 11.4. The minimum absolute atomic E-state index is 0. The Balaban J connectivity index is 0.000000272. The van der Waals surface area contributed by atoms with Gasteiger partial charge in [-0.05, 0) is 195 Å². The number of aromatic hydroxyl groups is 1. The average Bonchev–Trinajstić information content (AvgIpc) is 3.33. The number of carbonyl (C=O) groups is 2. The molecule has 4 aromatic carbocycles.